The van der Waals surface area contributed by atoms with Gasteiger partial charge in [-0.3, -0.25) is 4.84 Å². The zero-order chi connectivity index (χ0) is 10.3. The van der Waals surface area contributed by atoms with E-state index in [4.69, 9.17) is 22.5 Å². The Balaban J connectivity index is 0.000000671. The van der Waals surface area contributed by atoms with Crippen LogP contribution in [-0.4, -0.2) is 15.0 Å². The van der Waals surface area contributed by atoms with Gasteiger partial charge in [-0.15, -0.1) is 0 Å². The fourth-order valence-corrected chi connectivity index (χ4v) is 1.11. The maximum absolute atomic E-state index is 5.42. The Labute approximate surface area is 91.1 Å². The van der Waals surface area contributed by atoms with Crippen LogP contribution < -0.4 is 4.84 Å². The summed E-state index contributed by atoms with van der Waals surface area (Å²) in [5.41, 5.74) is 0. The summed E-state index contributed by atoms with van der Waals surface area (Å²) in [6, 6.07) is 0. The summed E-state index contributed by atoms with van der Waals surface area (Å²) in [4.78, 5) is 13.9. The summed E-state index contributed by atoms with van der Waals surface area (Å²) in [6.07, 6.45) is 0. The molecule has 1 N–H and O–H groups in total. The molecule has 7 heteroatoms. The van der Waals surface area contributed by atoms with Crippen molar-refractivity contribution in [2.24, 2.45) is 0 Å². The Morgan fingerprint density at radius 1 is 1.23 bits per heavy atom. The number of aryl methyl sites for hydroxylation is 1. The van der Waals surface area contributed by atoms with E-state index in [1.54, 1.807) is 6.92 Å². The lowest BCUT2D eigenvalue weighted by Gasteiger charge is -1.98. The van der Waals surface area contributed by atoms with Crippen LogP contribution in [0.3, 0.4) is 0 Å². The number of nitrogens with zero attached hydrogens (tertiary/aromatic N) is 3. The second-order valence-corrected chi connectivity index (χ2v) is 2.83. The van der Waals surface area contributed by atoms with Gasteiger partial charge in [0.1, 0.15) is 5.82 Å². The van der Waals surface area contributed by atoms with Gasteiger partial charge in [0, 0.05) is 22.8 Å². The highest BCUT2D eigenvalue weighted by Crippen LogP contribution is 2.17. The Kier molecular flexibility index (Phi) is 7.03. The largest absolute Gasteiger partial charge is 0.266 e. The second kappa shape index (κ2) is 7.17. The summed E-state index contributed by atoms with van der Waals surface area (Å²) >= 11 is 5.27. The van der Waals surface area contributed by atoms with Crippen LogP contribution in [0.4, 0.5) is 5.95 Å². The predicted molar refractivity (Wildman–Crippen MR) is 57.1 cm³/mol. The van der Waals surface area contributed by atoms with Crippen LogP contribution in [0.2, 0.25) is 0 Å². The van der Waals surface area contributed by atoms with Crippen LogP contribution in [0.25, 0.3) is 0 Å². The van der Waals surface area contributed by atoms with Crippen LogP contribution in [0.1, 0.15) is 19.7 Å². The number of hydrogen-bond donors (Lipinski definition) is 1. The quantitative estimate of drug-likeness (QED) is 0.806. The van der Waals surface area contributed by atoms with E-state index in [2.05, 4.69) is 19.8 Å². The summed E-state index contributed by atoms with van der Waals surface area (Å²) < 4.78 is 0. The molecule has 0 saturated carbocycles. The van der Waals surface area contributed by atoms with Gasteiger partial charge in [-0.05, 0) is 17.6 Å². The average molecular weight is 241 g/mol. The zero-order valence-corrected chi connectivity index (χ0v) is 9.83. The highest BCUT2D eigenvalue weighted by Gasteiger charge is 2.01. The van der Waals surface area contributed by atoms with E-state index >= 15 is 0 Å². The lowest BCUT2D eigenvalue weighted by molar-refractivity contribution is 0.873. The molecule has 0 spiro atoms. The van der Waals surface area contributed by atoms with Gasteiger partial charge in [-0.25, -0.2) is 4.98 Å². The molecular formula is C6H10Cl2N4S. The van der Waals surface area contributed by atoms with Crippen LogP contribution in [0.5, 0.6) is 0 Å². The summed E-state index contributed by atoms with van der Waals surface area (Å²) in [7, 11) is 6.34. The van der Waals surface area contributed by atoms with Crippen molar-refractivity contribution in [3.05, 3.63) is 5.82 Å². The first-order valence-corrected chi connectivity index (χ1v) is 5.66. The third kappa shape index (κ3) is 4.50. The molecule has 1 aromatic rings. The molecule has 0 aliphatic carbocycles. The Bertz CT molecular complexity index is 236. The number of halogens is 2. The molecule has 0 radical (unpaired) electrons. The fraction of sp³-hybridized carbons (Fsp3) is 0.500. The maximum atomic E-state index is 5.42. The molecule has 0 atom stereocenters. The monoisotopic (exact) mass is 240 g/mol. The van der Waals surface area contributed by atoms with E-state index < -0.39 is 0 Å². The molecule has 0 bridgehead atoms. The highest BCUT2D eigenvalue weighted by atomic mass is 35.7. The number of aromatic nitrogens is 3. The van der Waals surface area contributed by atoms with Crippen molar-refractivity contribution in [3.63, 3.8) is 0 Å². The fourth-order valence-electron chi connectivity index (χ4n) is 0.534. The molecule has 1 aromatic heterocycles. The van der Waals surface area contributed by atoms with Gasteiger partial charge < -0.3 is 0 Å². The van der Waals surface area contributed by atoms with Gasteiger partial charge in [0.2, 0.25) is 11.1 Å². The maximum Gasteiger partial charge on any atom is 0.241 e. The Morgan fingerprint density at radius 2 is 1.85 bits per heavy atom. The lowest BCUT2D eigenvalue weighted by atomic mass is 10.7. The summed E-state index contributed by atoms with van der Waals surface area (Å²) in [5.74, 6) is 0.883. The van der Waals surface area contributed by atoms with Crippen molar-refractivity contribution in [1.29, 1.82) is 0 Å². The van der Waals surface area contributed by atoms with Crippen LogP contribution in [-0.2, 0) is 0 Å². The molecule has 0 saturated heterocycles. The molecule has 0 aromatic carbocycles. The van der Waals surface area contributed by atoms with E-state index in [-0.39, 0.29) is 0 Å². The number of rotatable bonds is 2. The first-order chi connectivity index (χ1) is 6.26. The van der Waals surface area contributed by atoms with E-state index in [0.717, 1.165) is 11.0 Å². The Hall–Kier alpha value is -0.260. The van der Waals surface area contributed by atoms with Crippen LogP contribution in [0.15, 0.2) is 5.16 Å². The molecule has 1 heterocycles. The molecule has 0 fully saturated rings. The molecule has 0 aliphatic rings. The van der Waals surface area contributed by atoms with Crippen LogP contribution >= 0.6 is 33.4 Å². The summed E-state index contributed by atoms with van der Waals surface area (Å²) in [6.45, 7) is 5.73. The van der Waals surface area contributed by atoms with Crippen molar-refractivity contribution in [2.75, 3.05) is 4.84 Å². The van der Waals surface area contributed by atoms with Crippen molar-refractivity contribution in [2.45, 2.75) is 25.9 Å². The zero-order valence-electron chi connectivity index (χ0n) is 7.51. The van der Waals surface area contributed by atoms with Crippen molar-refractivity contribution >= 4 is 39.4 Å². The lowest BCUT2D eigenvalue weighted by Crippen LogP contribution is -1.97. The van der Waals surface area contributed by atoms with E-state index in [1.807, 2.05) is 13.8 Å². The third-order valence-electron chi connectivity index (χ3n) is 0.880. The predicted octanol–water partition coefficient (Wildman–Crippen LogP) is 3.02. The second-order valence-electron chi connectivity index (χ2n) is 1.66. The molecule has 74 valence electrons. The molecular weight excluding hydrogens is 231 g/mol. The smallest absolute Gasteiger partial charge is 0.241 e. The van der Waals surface area contributed by atoms with Gasteiger partial charge in [-0.2, -0.15) is 9.97 Å². The third-order valence-corrected chi connectivity index (χ3v) is 1.78. The molecule has 13 heavy (non-hydrogen) atoms. The SMILES string of the molecule is CC.Cc1nc(NCl)nc(SCl)n1. The standard InChI is InChI=1S/C4H4Cl2N4S.C2H6/c1-2-7-3(10-5)9-4(8-2)11-6;1-2/h1H3,(H,7,8,9,10);1-2H3. The molecule has 1 rings (SSSR count). The topological polar surface area (TPSA) is 50.7 Å². The van der Waals surface area contributed by atoms with E-state index in [9.17, 15) is 0 Å². The normalized spacial score (nSPS) is 8.69. The van der Waals surface area contributed by atoms with Crippen LogP contribution in [0, 0.1) is 6.92 Å². The van der Waals surface area contributed by atoms with Gasteiger partial charge >= 0.3 is 0 Å². The molecule has 4 nitrogen and oxygen atoms in total. The molecule has 0 amide bonds. The van der Waals surface area contributed by atoms with Gasteiger partial charge in [0.05, 0.1) is 0 Å². The van der Waals surface area contributed by atoms with Crippen molar-refractivity contribution in [1.82, 2.24) is 15.0 Å². The highest BCUT2D eigenvalue weighted by molar-refractivity contribution is 8.21. The minimum atomic E-state index is 0.308. The van der Waals surface area contributed by atoms with Gasteiger partial charge in [0.15, 0.2) is 0 Å². The van der Waals surface area contributed by atoms with E-state index in [0.29, 0.717) is 16.9 Å². The van der Waals surface area contributed by atoms with Gasteiger partial charge in [0.25, 0.3) is 0 Å². The number of hydrogen-bond acceptors (Lipinski definition) is 5. The first kappa shape index (κ1) is 12.7. The minimum Gasteiger partial charge on any atom is -0.266 e. The van der Waals surface area contributed by atoms with E-state index in [1.165, 1.54) is 0 Å². The Morgan fingerprint density at radius 3 is 2.31 bits per heavy atom. The number of nitrogens with one attached hydrogen (secondary N) is 1. The first-order valence-electron chi connectivity index (χ1n) is 3.64. The number of anilines is 1. The minimum absolute atomic E-state index is 0.308. The van der Waals surface area contributed by atoms with Crippen molar-refractivity contribution < 1.29 is 0 Å². The summed E-state index contributed by atoms with van der Waals surface area (Å²) in [5, 5.41) is 0.433. The molecule has 0 aliphatic heterocycles. The van der Waals surface area contributed by atoms with Crippen molar-refractivity contribution in [3.8, 4) is 0 Å². The molecule has 0 unspecified atom stereocenters. The van der Waals surface area contributed by atoms with Gasteiger partial charge in [-0.1, -0.05) is 13.8 Å². The average Bonchev–Trinajstić information content (AvgIpc) is 2.20.